The summed E-state index contributed by atoms with van der Waals surface area (Å²) in [6.07, 6.45) is -7.45. The molecule has 1 N–H and O–H groups in total. The zero-order valence-electron chi connectivity index (χ0n) is 18.6. The molecule has 1 unspecified atom stereocenters. The monoisotopic (exact) mass is 565 g/mol. The van der Waals surface area contributed by atoms with E-state index in [1.807, 2.05) is 0 Å². The average molecular weight is 565 g/mol. The smallest absolute Gasteiger partial charge is 0.451 e. The number of carbonyl (C=O) groups is 4. The number of carboxylic acids is 1. The van der Waals surface area contributed by atoms with Gasteiger partial charge in [-0.15, -0.1) is 0 Å². The molecular formula is C18H20F9NO7S. The Balaban J connectivity index is 3.57. The van der Waals surface area contributed by atoms with E-state index in [0.717, 1.165) is 0 Å². The van der Waals surface area contributed by atoms with Crippen LogP contribution in [0.15, 0.2) is 0 Å². The Bertz CT molecular complexity index is 998. The maximum atomic E-state index is 14.6. The van der Waals surface area contributed by atoms with Gasteiger partial charge in [-0.2, -0.15) is 39.5 Å². The van der Waals surface area contributed by atoms with E-state index in [1.54, 1.807) is 0 Å². The number of halogens is 9. The minimum atomic E-state index is -7.72. The molecule has 1 heterocycles. The predicted molar refractivity (Wildman–Crippen MR) is 100 cm³/mol. The third-order valence-corrected chi connectivity index (χ3v) is 7.34. The zero-order chi connectivity index (χ0) is 28.9. The Kier molecular flexibility index (Phi) is 8.33. The number of piperidine rings is 1. The fourth-order valence-corrected chi connectivity index (χ4v) is 4.95. The first-order chi connectivity index (χ1) is 15.8. The van der Waals surface area contributed by atoms with Crippen molar-refractivity contribution in [1.29, 1.82) is 0 Å². The van der Waals surface area contributed by atoms with Crippen molar-refractivity contribution in [3.8, 4) is 0 Å². The Morgan fingerprint density at radius 1 is 0.833 bits per heavy atom. The number of nitrogens with zero attached hydrogens (tertiary/aromatic N) is 1. The summed E-state index contributed by atoms with van der Waals surface area (Å²) in [5.41, 5.74) is -2.34. The molecule has 0 bridgehead atoms. The van der Waals surface area contributed by atoms with Gasteiger partial charge in [0.2, 0.25) is 9.84 Å². The van der Waals surface area contributed by atoms with E-state index >= 15 is 0 Å². The van der Waals surface area contributed by atoms with Crippen molar-refractivity contribution >= 4 is 33.3 Å². The first kappa shape index (κ1) is 31.6. The normalized spacial score (nSPS) is 18.1. The molecule has 0 radical (unpaired) electrons. The topological polar surface area (TPSA) is 126 Å². The van der Waals surface area contributed by atoms with Crippen LogP contribution in [0, 0.1) is 11.3 Å². The van der Waals surface area contributed by atoms with Crippen LogP contribution in [0.3, 0.4) is 0 Å². The number of likely N-dealkylation sites (tertiary alicyclic amines) is 1. The van der Waals surface area contributed by atoms with Gasteiger partial charge in [-0.25, -0.2) is 8.42 Å². The summed E-state index contributed by atoms with van der Waals surface area (Å²) in [7, 11) is -7.72. The molecule has 1 saturated heterocycles. The summed E-state index contributed by atoms with van der Waals surface area (Å²) in [5.74, 6) is -25.7. The van der Waals surface area contributed by atoms with E-state index in [0.29, 0.717) is 20.8 Å². The number of aliphatic carboxylic acids is 1. The van der Waals surface area contributed by atoms with Crippen LogP contribution in [-0.2, 0) is 29.0 Å². The number of carbonyl (C=O) groups excluding carboxylic acids is 3. The van der Waals surface area contributed by atoms with E-state index in [2.05, 4.69) is 0 Å². The highest BCUT2D eigenvalue weighted by atomic mass is 32.2. The quantitative estimate of drug-likeness (QED) is 0.354. The summed E-state index contributed by atoms with van der Waals surface area (Å²) >= 11 is 0. The van der Waals surface area contributed by atoms with Crippen LogP contribution in [0.4, 0.5) is 39.5 Å². The third-order valence-electron chi connectivity index (χ3n) is 5.32. The SMILES string of the molecule is CC(C)(C)C(=O)C(C(=O)C(F)(F)F)S(=O)(=O)C(F)(F)C(F)(F)C(F)(F)C(=O)N1CCC(C(=O)O)CC1. The molecule has 36 heavy (non-hydrogen) atoms. The van der Waals surface area contributed by atoms with Crippen molar-refractivity contribution in [2.45, 2.75) is 62.1 Å². The van der Waals surface area contributed by atoms with Crippen molar-refractivity contribution in [2.75, 3.05) is 13.1 Å². The Morgan fingerprint density at radius 2 is 1.25 bits per heavy atom. The van der Waals surface area contributed by atoms with Crippen LogP contribution < -0.4 is 0 Å². The van der Waals surface area contributed by atoms with Crippen LogP contribution in [0.1, 0.15) is 33.6 Å². The number of Topliss-reactive ketones (excluding diaryl/α,β-unsaturated/α-hetero) is 2. The molecule has 1 fully saturated rings. The van der Waals surface area contributed by atoms with E-state index < -0.39 is 99.1 Å². The van der Waals surface area contributed by atoms with Crippen LogP contribution in [0.2, 0.25) is 0 Å². The molecule has 18 heteroatoms. The Morgan fingerprint density at radius 3 is 1.58 bits per heavy atom. The number of hydrogen-bond donors (Lipinski definition) is 1. The van der Waals surface area contributed by atoms with Crippen molar-refractivity contribution in [2.24, 2.45) is 11.3 Å². The second-order valence-corrected chi connectivity index (χ2v) is 11.0. The van der Waals surface area contributed by atoms with Crippen LogP contribution in [0.25, 0.3) is 0 Å². The minimum absolute atomic E-state index is 0.144. The van der Waals surface area contributed by atoms with Gasteiger partial charge in [-0.05, 0) is 12.8 Å². The molecule has 1 atom stereocenters. The molecule has 1 amide bonds. The van der Waals surface area contributed by atoms with E-state index in [1.165, 1.54) is 0 Å². The van der Waals surface area contributed by atoms with Gasteiger partial charge in [-0.3, -0.25) is 19.2 Å². The lowest BCUT2D eigenvalue weighted by molar-refractivity contribution is -0.273. The van der Waals surface area contributed by atoms with Crippen molar-refractivity contribution in [1.82, 2.24) is 4.90 Å². The third kappa shape index (κ3) is 5.32. The second-order valence-electron chi connectivity index (χ2n) is 8.97. The lowest BCUT2D eigenvalue weighted by atomic mass is 9.87. The zero-order valence-corrected chi connectivity index (χ0v) is 19.5. The molecule has 1 aliphatic heterocycles. The predicted octanol–water partition coefficient (Wildman–Crippen LogP) is 2.70. The number of ketones is 2. The van der Waals surface area contributed by atoms with E-state index in [9.17, 15) is 67.1 Å². The van der Waals surface area contributed by atoms with Gasteiger partial charge < -0.3 is 10.0 Å². The highest BCUT2D eigenvalue weighted by Crippen LogP contribution is 2.51. The Hall–Kier alpha value is -2.40. The molecule has 8 nitrogen and oxygen atoms in total. The number of hydrogen-bond acceptors (Lipinski definition) is 6. The van der Waals surface area contributed by atoms with E-state index in [-0.39, 0.29) is 4.90 Å². The van der Waals surface area contributed by atoms with Crippen LogP contribution in [-0.4, -0.2) is 83.5 Å². The fraction of sp³-hybridized carbons (Fsp3) is 0.778. The number of carboxylic acid groups (broad SMARTS) is 1. The van der Waals surface area contributed by atoms with Crippen LogP contribution in [0.5, 0.6) is 0 Å². The first-order valence-corrected chi connectivity index (χ1v) is 11.3. The second kappa shape index (κ2) is 9.48. The largest absolute Gasteiger partial charge is 0.481 e. The summed E-state index contributed by atoms with van der Waals surface area (Å²) < 4.78 is 150. The fourth-order valence-electron chi connectivity index (χ4n) is 3.11. The lowest BCUT2D eigenvalue weighted by Crippen LogP contribution is -2.67. The molecule has 208 valence electrons. The van der Waals surface area contributed by atoms with Crippen molar-refractivity contribution < 1.29 is 72.2 Å². The first-order valence-electron chi connectivity index (χ1n) is 9.80. The highest BCUT2D eigenvalue weighted by Gasteiger charge is 2.82. The number of alkyl halides is 9. The number of amides is 1. The maximum absolute atomic E-state index is 14.6. The molecule has 0 spiro atoms. The molecular weight excluding hydrogens is 545 g/mol. The number of rotatable bonds is 8. The van der Waals surface area contributed by atoms with Gasteiger partial charge in [0.1, 0.15) is 0 Å². The van der Waals surface area contributed by atoms with Gasteiger partial charge in [0.05, 0.1) is 5.92 Å². The van der Waals surface area contributed by atoms with Crippen LogP contribution >= 0.6 is 0 Å². The summed E-state index contributed by atoms with van der Waals surface area (Å²) in [4.78, 5) is 46.5. The maximum Gasteiger partial charge on any atom is 0.451 e. The van der Waals surface area contributed by atoms with Gasteiger partial charge >= 0.3 is 29.2 Å². The average Bonchev–Trinajstić information content (AvgIpc) is 2.71. The lowest BCUT2D eigenvalue weighted by Gasteiger charge is -2.37. The summed E-state index contributed by atoms with van der Waals surface area (Å²) in [6.45, 7) is 0.0823. The highest BCUT2D eigenvalue weighted by molar-refractivity contribution is 7.94. The number of sulfone groups is 1. The van der Waals surface area contributed by atoms with Gasteiger partial charge in [0, 0.05) is 18.5 Å². The Labute approximate surface area is 197 Å². The molecule has 1 aliphatic rings. The van der Waals surface area contributed by atoms with Crippen molar-refractivity contribution in [3.05, 3.63) is 0 Å². The standard InChI is InChI=1S/C18H20F9NO7S/c1-14(2,3)10(29)9(11(30)16(21,22)23)36(34,35)18(26,27)17(24,25)15(19,20)13(33)28-6-4-8(5-7-28)12(31)32/h8-9H,4-7H2,1-3H3,(H,31,32). The minimum Gasteiger partial charge on any atom is -0.481 e. The molecule has 0 aromatic rings. The van der Waals surface area contributed by atoms with Crippen molar-refractivity contribution in [3.63, 3.8) is 0 Å². The molecule has 1 rings (SSSR count). The molecule has 0 aromatic heterocycles. The van der Waals surface area contributed by atoms with Gasteiger partial charge in [0.25, 0.3) is 11.7 Å². The molecule has 0 saturated carbocycles. The summed E-state index contributed by atoms with van der Waals surface area (Å²) in [5, 5.41) is -2.95. The summed E-state index contributed by atoms with van der Waals surface area (Å²) in [6, 6.07) is 0. The molecule has 0 aromatic carbocycles. The van der Waals surface area contributed by atoms with Gasteiger partial charge in [0.15, 0.2) is 11.0 Å². The molecule has 0 aliphatic carbocycles. The van der Waals surface area contributed by atoms with Gasteiger partial charge in [-0.1, -0.05) is 20.8 Å². The van der Waals surface area contributed by atoms with E-state index in [4.69, 9.17) is 5.11 Å².